The molecule has 0 saturated heterocycles. The van der Waals surface area contributed by atoms with Gasteiger partial charge in [-0.1, -0.05) is 32.9 Å². The lowest BCUT2D eigenvalue weighted by Crippen LogP contribution is -2.40. The summed E-state index contributed by atoms with van der Waals surface area (Å²) < 4.78 is 28.7. The molecule has 1 aromatic rings. The van der Waals surface area contributed by atoms with E-state index < -0.39 is 9.84 Å². The first-order chi connectivity index (χ1) is 11.8. The standard InChI is InChI=1S/C18H31N3O3S.HI/c1-6-25(22,23)12-11-20-18(19-5)21-15(4)16-7-9-17(10-8-16)24-13-14(2)3;/h7-10,14-15H,6,11-13H2,1-5H3,(H2,19,20,21);1H. The molecule has 1 atom stereocenters. The van der Waals surface area contributed by atoms with Gasteiger partial charge in [-0.25, -0.2) is 8.42 Å². The number of hydrogen-bond donors (Lipinski definition) is 2. The highest BCUT2D eigenvalue weighted by Gasteiger charge is 2.10. The monoisotopic (exact) mass is 497 g/mol. The molecule has 2 N–H and O–H groups in total. The molecule has 1 unspecified atom stereocenters. The molecule has 0 saturated carbocycles. The molecular weight excluding hydrogens is 465 g/mol. The predicted octanol–water partition coefficient (Wildman–Crippen LogP) is 3.00. The van der Waals surface area contributed by atoms with Crippen molar-refractivity contribution >= 4 is 39.8 Å². The Hall–Kier alpha value is -1.03. The summed E-state index contributed by atoms with van der Waals surface area (Å²) in [4.78, 5) is 4.14. The molecule has 0 bridgehead atoms. The maximum absolute atomic E-state index is 11.5. The summed E-state index contributed by atoms with van der Waals surface area (Å²) in [6, 6.07) is 7.98. The lowest BCUT2D eigenvalue weighted by Gasteiger charge is -2.18. The number of sulfone groups is 1. The summed E-state index contributed by atoms with van der Waals surface area (Å²) in [6.45, 7) is 8.95. The van der Waals surface area contributed by atoms with E-state index in [0.29, 0.717) is 25.0 Å². The third-order valence-electron chi connectivity index (χ3n) is 3.69. The molecule has 0 aliphatic heterocycles. The molecule has 8 heteroatoms. The smallest absolute Gasteiger partial charge is 0.191 e. The van der Waals surface area contributed by atoms with E-state index in [4.69, 9.17) is 4.74 Å². The highest BCUT2D eigenvalue weighted by molar-refractivity contribution is 14.0. The molecular formula is C18H32IN3O3S. The van der Waals surface area contributed by atoms with Crippen molar-refractivity contribution in [2.24, 2.45) is 10.9 Å². The number of ether oxygens (including phenoxy) is 1. The summed E-state index contributed by atoms with van der Waals surface area (Å²) in [7, 11) is -1.31. The topological polar surface area (TPSA) is 79.8 Å². The highest BCUT2D eigenvalue weighted by Crippen LogP contribution is 2.18. The number of halogens is 1. The van der Waals surface area contributed by atoms with Crippen LogP contribution in [0, 0.1) is 5.92 Å². The average Bonchev–Trinajstić information content (AvgIpc) is 2.59. The minimum atomic E-state index is -2.98. The van der Waals surface area contributed by atoms with E-state index in [-0.39, 0.29) is 41.5 Å². The molecule has 0 fully saturated rings. The number of rotatable bonds is 9. The first kappa shape index (κ1) is 25.0. The van der Waals surface area contributed by atoms with Crippen molar-refractivity contribution in [3.63, 3.8) is 0 Å². The molecule has 0 radical (unpaired) electrons. The van der Waals surface area contributed by atoms with Gasteiger partial charge in [0.05, 0.1) is 18.4 Å². The lowest BCUT2D eigenvalue weighted by molar-refractivity contribution is 0.271. The maximum atomic E-state index is 11.5. The fourth-order valence-corrected chi connectivity index (χ4v) is 2.77. The van der Waals surface area contributed by atoms with Gasteiger partial charge in [0.2, 0.25) is 0 Å². The van der Waals surface area contributed by atoms with E-state index >= 15 is 0 Å². The number of nitrogens with one attached hydrogen (secondary N) is 2. The molecule has 0 aliphatic rings. The Balaban J connectivity index is 0.00000625. The second kappa shape index (κ2) is 12.4. The molecule has 0 aliphatic carbocycles. The Kier molecular flexibility index (Phi) is 11.9. The van der Waals surface area contributed by atoms with Crippen molar-refractivity contribution in [2.45, 2.75) is 33.7 Å². The lowest BCUT2D eigenvalue weighted by atomic mass is 10.1. The van der Waals surface area contributed by atoms with Crippen LogP contribution in [0.3, 0.4) is 0 Å². The molecule has 1 aromatic carbocycles. The third-order valence-corrected chi connectivity index (χ3v) is 5.39. The summed E-state index contributed by atoms with van der Waals surface area (Å²) in [5.74, 6) is 2.19. The molecule has 26 heavy (non-hydrogen) atoms. The third kappa shape index (κ3) is 9.61. The van der Waals surface area contributed by atoms with Crippen LogP contribution in [-0.4, -0.2) is 46.1 Å². The van der Waals surface area contributed by atoms with E-state index in [1.807, 2.05) is 31.2 Å². The normalized spacial score (nSPS) is 13.1. The Morgan fingerprint density at radius 3 is 2.31 bits per heavy atom. The minimum Gasteiger partial charge on any atom is -0.493 e. The number of aliphatic imine (C=N–C) groups is 1. The van der Waals surface area contributed by atoms with Crippen LogP contribution in [0.2, 0.25) is 0 Å². The van der Waals surface area contributed by atoms with Crippen molar-refractivity contribution in [1.29, 1.82) is 0 Å². The zero-order valence-electron chi connectivity index (χ0n) is 16.3. The fourth-order valence-electron chi connectivity index (χ4n) is 2.07. The zero-order chi connectivity index (χ0) is 18.9. The highest BCUT2D eigenvalue weighted by atomic mass is 127. The largest absolute Gasteiger partial charge is 0.493 e. The van der Waals surface area contributed by atoms with Gasteiger partial charge in [-0.3, -0.25) is 4.99 Å². The summed E-state index contributed by atoms with van der Waals surface area (Å²) >= 11 is 0. The van der Waals surface area contributed by atoms with Gasteiger partial charge in [0.15, 0.2) is 15.8 Å². The molecule has 1 rings (SSSR count). The van der Waals surface area contributed by atoms with Gasteiger partial charge < -0.3 is 15.4 Å². The first-order valence-electron chi connectivity index (χ1n) is 8.67. The van der Waals surface area contributed by atoms with E-state index in [2.05, 4.69) is 29.5 Å². The fraction of sp³-hybridized carbons (Fsp3) is 0.611. The van der Waals surface area contributed by atoms with Crippen molar-refractivity contribution in [3.8, 4) is 5.75 Å². The maximum Gasteiger partial charge on any atom is 0.191 e. The SMILES string of the molecule is CCS(=O)(=O)CCNC(=NC)NC(C)c1ccc(OCC(C)C)cc1.I. The van der Waals surface area contributed by atoms with Gasteiger partial charge in [-0.05, 0) is 30.5 Å². The number of nitrogens with zero attached hydrogens (tertiary/aromatic N) is 1. The summed E-state index contributed by atoms with van der Waals surface area (Å²) in [5, 5.41) is 6.30. The molecule has 6 nitrogen and oxygen atoms in total. The minimum absolute atomic E-state index is 0. The molecule has 0 spiro atoms. The molecule has 0 aromatic heterocycles. The van der Waals surface area contributed by atoms with Gasteiger partial charge >= 0.3 is 0 Å². The van der Waals surface area contributed by atoms with Crippen LogP contribution in [-0.2, 0) is 9.84 Å². The van der Waals surface area contributed by atoms with Crippen LogP contribution in [0.4, 0.5) is 0 Å². The number of guanidine groups is 1. The molecule has 150 valence electrons. The van der Waals surface area contributed by atoms with Crippen LogP contribution < -0.4 is 15.4 Å². The number of benzene rings is 1. The Labute approximate surface area is 175 Å². The van der Waals surface area contributed by atoms with E-state index in [9.17, 15) is 8.42 Å². The number of hydrogen-bond acceptors (Lipinski definition) is 4. The summed E-state index contributed by atoms with van der Waals surface area (Å²) in [6.07, 6.45) is 0. The Bertz CT molecular complexity index is 646. The van der Waals surface area contributed by atoms with Gasteiger partial charge in [0.25, 0.3) is 0 Å². The second-order valence-electron chi connectivity index (χ2n) is 6.38. The summed E-state index contributed by atoms with van der Waals surface area (Å²) in [5.41, 5.74) is 1.10. The second-order valence-corrected chi connectivity index (χ2v) is 8.85. The van der Waals surface area contributed by atoms with Crippen molar-refractivity contribution in [3.05, 3.63) is 29.8 Å². The zero-order valence-corrected chi connectivity index (χ0v) is 19.4. The van der Waals surface area contributed by atoms with E-state index in [1.54, 1.807) is 14.0 Å². The molecule has 0 amide bonds. The van der Waals surface area contributed by atoms with E-state index in [1.165, 1.54) is 0 Å². The van der Waals surface area contributed by atoms with Crippen molar-refractivity contribution in [1.82, 2.24) is 10.6 Å². The van der Waals surface area contributed by atoms with E-state index in [0.717, 1.165) is 11.3 Å². The predicted molar refractivity (Wildman–Crippen MR) is 119 cm³/mol. The Morgan fingerprint density at radius 1 is 1.19 bits per heavy atom. The van der Waals surface area contributed by atoms with Gasteiger partial charge in [-0.2, -0.15) is 0 Å². The van der Waals surface area contributed by atoms with Gasteiger partial charge in [0.1, 0.15) is 5.75 Å². The van der Waals surface area contributed by atoms with Crippen LogP contribution in [0.5, 0.6) is 5.75 Å². The Morgan fingerprint density at radius 2 is 1.81 bits per heavy atom. The van der Waals surface area contributed by atoms with Gasteiger partial charge in [-0.15, -0.1) is 24.0 Å². The van der Waals surface area contributed by atoms with Crippen molar-refractivity contribution in [2.75, 3.05) is 31.7 Å². The van der Waals surface area contributed by atoms with Crippen molar-refractivity contribution < 1.29 is 13.2 Å². The van der Waals surface area contributed by atoms with Crippen LogP contribution in [0.1, 0.15) is 39.3 Å². The quantitative estimate of drug-likeness (QED) is 0.312. The first-order valence-corrected chi connectivity index (χ1v) is 10.5. The van der Waals surface area contributed by atoms with Crippen LogP contribution in [0.15, 0.2) is 29.3 Å². The van der Waals surface area contributed by atoms with Gasteiger partial charge in [0, 0.05) is 19.3 Å². The van der Waals surface area contributed by atoms with Crippen LogP contribution in [0.25, 0.3) is 0 Å². The molecule has 0 heterocycles. The average molecular weight is 497 g/mol. The van der Waals surface area contributed by atoms with Crippen LogP contribution >= 0.6 is 24.0 Å².